The highest BCUT2D eigenvalue weighted by Crippen LogP contribution is 2.14. The first-order chi connectivity index (χ1) is 10.7. The van der Waals surface area contributed by atoms with Gasteiger partial charge in [0.05, 0.1) is 13.2 Å². The maximum absolute atomic E-state index is 12.2. The number of ether oxygens (including phenoxy) is 2. The van der Waals surface area contributed by atoms with Gasteiger partial charge in [0, 0.05) is 0 Å². The Bertz CT molecular complexity index is 349. The number of unbranched alkanes of at least 4 members (excludes halogenated alkanes) is 3. The van der Waals surface area contributed by atoms with Gasteiger partial charge in [-0.25, -0.2) is 9.59 Å². The van der Waals surface area contributed by atoms with E-state index in [1.165, 1.54) is 0 Å². The lowest BCUT2D eigenvalue weighted by molar-refractivity contribution is -0.147. The fourth-order valence-corrected chi connectivity index (χ4v) is 1.91. The van der Waals surface area contributed by atoms with E-state index in [1.807, 2.05) is 34.6 Å². The molecule has 0 aromatic carbocycles. The van der Waals surface area contributed by atoms with Crippen molar-refractivity contribution in [2.75, 3.05) is 13.2 Å². The molecule has 0 spiro atoms. The molecule has 23 heavy (non-hydrogen) atoms. The molecule has 0 saturated heterocycles. The molecule has 136 valence electrons. The summed E-state index contributed by atoms with van der Waals surface area (Å²) in [6.07, 6.45) is 4.41. The van der Waals surface area contributed by atoms with Gasteiger partial charge in [0.2, 0.25) is 0 Å². The Kier molecular flexibility index (Phi) is 10.7. The van der Waals surface area contributed by atoms with Crippen molar-refractivity contribution >= 4 is 12.1 Å². The first kappa shape index (κ1) is 21.7. The van der Waals surface area contributed by atoms with E-state index in [0.717, 1.165) is 32.1 Å². The number of nitrogens with one attached hydrogen (secondary N) is 1. The SMILES string of the molecule is CCCCCCOC(=O)C(NC(=O)OCC(C)(C)C)C(C)CC. The molecule has 0 heterocycles. The maximum Gasteiger partial charge on any atom is 0.407 e. The lowest BCUT2D eigenvalue weighted by atomic mass is 9.98. The molecule has 2 unspecified atom stereocenters. The summed E-state index contributed by atoms with van der Waals surface area (Å²) in [7, 11) is 0. The summed E-state index contributed by atoms with van der Waals surface area (Å²) in [5.41, 5.74) is -0.108. The Balaban J connectivity index is 4.39. The Hall–Kier alpha value is -1.26. The highest BCUT2D eigenvalue weighted by atomic mass is 16.6. The van der Waals surface area contributed by atoms with Crippen LogP contribution in [0.4, 0.5) is 4.79 Å². The number of rotatable bonds is 10. The van der Waals surface area contributed by atoms with Crippen LogP contribution in [0.5, 0.6) is 0 Å². The average molecular weight is 329 g/mol. The molecule has 0 aliphatic heterocycles. The molecule has 0 aromatic rings. The van der Waals surface area contributed by atoms with E-state index < -0.39 is 12.1 Å². The summed E-state index contributed by atoms with van der Waals surface area (Å²) in [6, 6.07) is -0.654. The topological polar surface area (TPSA) is 64.6 Å². The van der Waals surface area contributed by atoms with E-state index in [-0.39, 0.29) is 17.3 Å². The zero-order chi connectivity index (χ0) is 17.9. The quantitative estimate of drug-likeness (QED) is 0.479. The van der Waals surface area contributed by atoms with E-state index >= 15 is 0 Å². The van der Waals surface area contributed by atoms with Crippen LogP contribution in [-0.2, 0) is 14.3 Å². The van der Waals surface area contributed by atoms with Gasteiger partial charge < -0.3 is 14.8 Å². The molecule has 0 radical (unpaired) electrons. The summed E-state index contributed by atoms with van der Waals surface area (Å²) in [4.78, 5) is 24.1. The number of amides is 1. The zero-order valence-corrected chi connectivity index (χ0v) is 15.7. The van der Waals surface area contributed by atoms with E-state index in [0.29, 0.717) is 13.2 Å². The van der Waals surface area contributed by atoms with Gasteiger partial charge in [0.1, 0.15) is 6.04 Å². The van der Waals surface area contributed by atoms with Crippen molar-refractivity contribution in [3.05, 3.63) is 0 Å². The molecule has 5 heteroatoms. The lowest BCUT2D eigenvalue weighted by Gasteiger charge is -2.24. The van der Waals surface area contributed by atoms with Gasteiger partial charge >= 0.3 is 12.1 Å². The molecular weight excluding hydrogens is 294 g/mol. The predicted molar refractivity (Wildman–Crippen MR) is 92.3 cm³/mol. The van der Waals surface area contributed by atoms with Crippen molar-refractivity contribution in [3.63, 3.8) is 0 Å². The first-order valence-corrected chi connectivity index (χ1v) is 8.81. The Labute approximate surface area is 141 Å². The standard InChI is InChI=1S/C18H35NO4/c1-7-9-10-11-12-22-16(20)15(14(3)8-2)19-17(21)23-13-18(4,5)6/h14-15H,7-13H2,1-6H3,(H,19,21). The molecule has 0 aromatic heterocycles. The minimum absolute atomic E-state index is 0.000304. The van der Waals surface area contributed by atoms with Gasteiger partial charge in [-0.2, -0.15) is 0 Å². The number of carbonyl (C=O) groups excluding carboxylic acids is 2. The van der Waals surface area contributed by atoms with Crippen molar-refractivity contribution in [2.45, 2.75) is 79.7 Å². The van der Waals surface area contributed by atoms with Crippen molar-refractivity contribution in [1.82, 2.24) is 5.32 Å². The van der Waals surface area contributed by atoms with Crippen molar-refractivity contribution in [2.24, 2.45) is 11.3 Å². The van der Waals surface area contributed by atoms with Crippen LogP contribution in [0.2, 0.25) is 0 Å². The highest BCUT2D eigenvalue weighted by molar-refractivity contribution is 5.81. The highest BCUT2D eigenvalue weighted by Gasteiger charge is 2.28. The molecule has 5 nitrogen and oxygen atoms in total. The molecule has 0 rings (SSSR count). The summed E-state index contributed by atoms with van der Waals surface area (Å²) >= 11 is 0. The largest absolute Gasteiger partial charge is 0.464 e. The predicted octanol–water partition coefficient (Wildman–Crippen LogP) is 4.30. The summed E-state index contributed by atoms with van der Waals surface area (Å²) in [5.74, 6) is -0.371. The molecule has 0 aliphatic carbocycles. The second kappa shape index (κ2) is 11.3. The van der Waals surface area contributed by atoms with Crippen LogP contribution in [0.1, 0.15) is 73.6 Å². The third-order valence-corrected chi connectivity index (χ3v) is 3.62. The normalized spacial score (nSPS) is 14.0. The molecule has 1 amide bonds. The third kappa shape index (κ3) is 11.0. The fraction of sp³-hybridized carbons (Fsp3) is 0.889. The molecular formula is C18H35NO4. The Morgan fingerprint density at radius 2 is 1.70 bits per heavy atom. The molecule has 1 N–H and O–H groups in total. The van der Waals surface area contributed by atoms with E-state index in [1.54, 1.807) is 0 Å². The monoisotopic (exact) mass is 329 g/mol. The Morgan fingerprint density at radius 1 is 1.04 bits per heavy atom. The van der Waals surface area contributed by atoms with Crippen molar-refractivity contribution in [3.8, 4) is 0 Å². The molecule has 2 atom stereocenters. The molecule has 0 fully saturated rings. The molecule has 0 saturated carbocycles. The van der Waals surface area contributed by atoms with Gasteiger partial charge in [0.15, 0.2) is 0 Å². The minimum Gasteiger partial charge on any atom is -0.464 e. The molecule has 0 aliphatic rings. The zero-order valence-electron chi connectivity index (χ0n) is 15.7. The summed E-state index contributed by atoms with van der Waals surface area (Å²) in [6.45, 7) is 12.7. The van der Waals surface area contributed by atoms with Gasteiger partial charge in [-0.15, -0.1) is 0 Å². The van der Waals surface area contributed by atoms with Crippen LogP contribution in [0, 0.1) is 11.3 Å². The number of carbonyl (C=O) groups is 2. The minimum atomic E-state index is -0.654. The fourth-order valence-electron chi connectivity index (χ4n) is 1.91. The van der Waals surface area contributed by atoms with Crippen LogP contribution in [-0.4, -0.2) is 31.3 Å². The maximum atomic E-state index is 12.2. The van der Waals surface area contributed by atoms with E-state index in [2.05, 4.69) is 12.2 Å². The van der Waals surface area contributed by atoms with Crippen molar-refractivity contribution in [1.29, 1.82) is 0 Å². The lowest BCUT2D eigenvalue weighted by Crippen LogP contribution is -2.46. The van der Waals surface area contributed by atoms with Crippen LogP contribution < -0.4 is 5.32 Å². The van der Waals surface area contributed by atoms with Gasteiger partial charge in [-0.05, 0) is 17.8 Å². The van der Waals surface area contributed by atoms with Crippen LogP contribution in [0.15, 0.2) is 0 Å². The smallest absolute Gasteiger partial charge is 0.407 e. The third-order valence-electron chi connectivity index (χ3n) is 3.62. The van der Waals surface area contributed by atoms with Gasteiger partial charge in [-0.3, -0.25) is 0 Å². The number of hydrogen-bond acceptors (Lipinski definition) is 4. The van der Waals surface area contributed by atoms with Gasteiger partial charge in [0.25, 0.3) is 0 Å². The number of hydrogen-bond donors (Lipinski definition) is 1. The summed E-state index contributed by atoms with van der Waals surface area (Å²) in [5, 5.41) is 2.66. The average Bonchev–Trinajstić information content (AvgIpc) is 2.48. The first-order valence-electron chi connectivity index (χ1n) is 8.81. The van der Waals surface area contributed by atoms with E-state index in [9.17, 15) is 9.59 Å². The second-order valence-electron chi connectivity index (χ2n) is 7.37. The number of esters is 1. The van der Waals surface area contributed by atoms with E-state index in [4.69, 9.17) is 9.47 Å². The summed E-state index contributed by atoms with van der Waals surface area (Å²) < 4.78 is 10.5. The molecule has 0 bridgehead atoms. The Morgan fingerprint density at radius 3 is 2.22 bits per heavy atom. The van der Waals surface area contributed by atoms with Crippen LogP contribution in [0.3, 0.4) is 0 Å². The number of alkyl carbamates (subject to hydrolysis) is 1. The van der Waals surface area contributed by atoms with Crippen LogP contribution >= 0.6 is 0 Å². The van der Waals surface area contributed by atoms with Crippen LogP contribution in [0.25, 0.3) is 0 Å². The van der Waals surface area contributed by atoms with Gasteiger partial charge in [-0.1, -0.05) is 67.2 Å². The second-order valence-corrected chi connectivity index (χ2v) is 7.37. The van der Waals surface area contributed by atoms with Crippen molar-refractivity contribution < 1.29 is 19.1 Å².